The number of phenolic OH excluding ortho intramolecular Hbond substituents is 1. The van der Waals surface area contributed by atoms with Crippen LogP contribution >= 0.6 is 11.3 Å². The van der Waals surface area contributed by atoms with Crippen LogP contribution in [0.15, 0.2) is 65.6 Å². The number of ketones is 1. The molecule has 2 aromatic carbocycles. The highest BCUT2D eigenvalue weighted by atomic mass is 32.1. The first-order valence-electron chi connectivity index (χ1n) is 11.1. The van der Waals surface area contributed by atoms with Gasteiger partial charge in [0, 0.05) is 10.4 Å². The zero-order valence-corrected chi connectivity index (χ0v) is 20.1. The third kappa shape index (κ3) is 4.70. The van der Waals surface area contributed by atoms with Crippen LogP contribution in [0.3, 0.4) is 0 Å². The molecule has 4 rings (SSSR count). The molecule has 1 aromatic heterocycles. The lowest BCUT2D eigenvalue weighted by atomic mass is 9.94. The number of Topliss-reactive ketones (excluding diaryl/α,β-unsaturated/α-hetero) is 1. The number of nitrogens with zero attached hydrogens (tertiary/aromatic N) is 1. The van der Waals surface area contributed by atoms with Crippen molar-refractivity contribution in [1.82, 2.24) is 4.90 Å². The van der Waals surface area contributed by atoms with E-state index in [1.807, 2.05) is 24.4 Å². The van der Waals surface area contributed by atoms with E-state index in [9.17, 15) is 19.8 Å². The highest BCUT2D eigenvalue weighted by Crippen LogP contribution is 2.41. The molecular weight excluding hydrogens is 450 g/mol. The van der Waals surface area contributed by atoms with E-state index in [1.165, 1.54) is 28.4 Å². The minimum Gasteiger partial charge on any atom is -0.508 e. The molecule has 1 aliphatic rings. The Balaban J connectivity index is 1.78. The lowest BCUT2D eigenvalue weighted by molar-refractivity contribution is -0.140. The summed E-state index contributed by atoms with van der Waals surface area (Å²) >= 11 is 1.49. The van der Waals surface area contributed by atoms with Crippen LogP contribution < -0.4 is 4.74 Å². The average Bonchev–Trinajstić information content (AvgIpc) is 3.41. The van der Waals surface area contributed by atoms with Gasteiger partial charge < -0.3 is 19.8 Å². The molecule has 2 N–H and O–H groups in total. The number of aromatic hydroxyl groups is 1. The van der Waals surface area contributed by atoms with Gasteiger partial charge in [0.2, 0.25) is 0 Å². The van der Waals surface area contributed by atoms with Crippen LogP contribution in [0, 0.1) is 12.8 Å². The number of phenols is 1. The molecule has 1 unspecified atom stereocenters. The largest absolute Gasteiger partial charge is 0.508 e. The van der Waals surface area contributed by atoms with Gasteiger partial charge in [-0.05, 0) is 65.7 Å². The van der Waals surface area contributed by atoms with Crippen molar-refractivity contribution < 1.29 is 24.5 Å². The van der Waals surface area contributed by atoms with Crippen LogP contribution in [-0.2, 0) is 16.1 Å². The lowest BCUT2D eigenvalue weighted by Crippen LogP contribution is -2.28. The topological polar surface area (TPSA) is 87.1 Å². The highest BCUT2D eigenvalue weighted by molar-refractivity contribution is 7.09. The maximum atomic E-state index is 13.2. The summed E-state index contributed by atoms with van der Waals surface area (Å²) in [5.74, 6) is -0.475. The second-order valence-electron chi connectivity index (χ2n) is 8.78. The minimum atomic E-state index is -0.778. The summed E-state index contributed by atoms with van der Waals surface area (Å²) in [5, 5.41) is 22.9. The number of carbonyl (C=O) groups excluding carboxylic acids is 2. The zero-order valence-electron chi connectivity index (χ0n) is 19.3. The summed E-state index contributed by atoms with van der Waals surface area (Å²) in [6.07, 6.45) is 0. The first kappa shape index (κ1) is 23.6. The second-order valence-corrected chi connectivity index (χ2v) is 9.82. The number of aliphatic hydroxyl groups is 1. The van der Waals surface area contributed by atoms with Crippen molar-refractivity contribution in [3.05, 3.63) is 87.1 Å². The quantitative estimate of drug-likeness (QED) is 0.270. The molecule has 0 radical (unpaired) electrons. The van der Waals surface area contributed by atoms with E-state index in [0.717, 1.165) is 10.4 Å². The predicted octanol–water partition coefficient (Wildman–Crippen LogP) is 5.42. The normalized spacial score (nSPS) is 17.5. The molecule has 1 aliphatic heterocycles. The monoisotopic (exact) mass is 477 g/mol. The van der Waals surface area contributed by atoms with Gasteiger partial charge >= 0.3 is 0 Å². The number of aliphatic hydroxyl groups excluding tert-OH is 1. The van der Waals surface area contributed by atoms with Crippen LogP contribution in [0.4, 0.5) is 0 Å². The number of rotatable bonds is 7. The average molecular weight is 478 g/mol. The molecule has 0 bridgehead atoms. The molecular formula is C27H27NO5S. The number of hydrogen-bond acceptors (Lipinski definition) is 6. The molecule has 0 saturated carbocycles. The predicted molar refractivity (Wildman–Crippen MR) is 132 cm³/mol. The Kier molecular flexibility index (Phi) is 6.75. The fraction of sp³-hybridized carbons (Fsp3) is 0.259. The number of ether oxygens (including phenoxy) is 1. The molecule has 0 spiro atoms. The van der Waals surface area contributed by atoms with E-state index in [0.29, 0.717) is 29.4 Å². The Morgan fingerprint density at radius 2 is 1.85 bits per heavy atom. The molecule has 1 saturated heterocycles. The van der Waals surface area contributed by atoms with Crippen molar-refractivity contribution in [3.8, 4) is 11.5 Å². The van der Waals surface area contributed by atoms with E-state index in [-0.39, 0.29) is 23.6 Å². The molecule has 0 aliphatic carbocycles. The van der Waals surface area contributed by atoms with Crippen molar-refractivity contribution >= 4 is 28.8 Å². The summed E-state index contributed by atoms with van der Waals surface area (Å²) in [6.45, 7) is 6.81. The van der Waals surface area contributed by atoms with Gasteiger partial charge in [0.1, 0.15) is 17.3 Å². The van der Waals surface area contributed by atoms with Crippen LogP contribution in [0.2, 0.25) is 0 Å². The molecule has 176 valence electrons. The maximum absolute atomic E-state index is 13.2. The summed E-state index contributed by atoms with van der Waals surface area (Å²) in [6, 6.07) is 14.6. The first-order chi connectivity index (χ1) is 16.3. The van der Waals surface area contributed by atoms with Gasteiger partial charge in [-0.1, -0.05) is 32.0 Å². The number of thiophene rings is 1. The lowest BCUT2D eigenvalue weighted by Gasteiger charge is -2.25. The third-order valence-corrected chi connectivity index (χ3v) is 6.54. The summed E-state index contributed by atoms with van der Waals surface area (Å²) in [4.78, 5) is 28.6. The van der Waals surface area contributed by atoms with Crippen LogP contribution in [-0.4, -0.2) is 33.4 Å². The molecule has 1 atom stereocenters. The van der Waals surface area contributed by atoms with Gasteiger partial charge in [0.05, 0.1) is 24.8 Å². The Morgan fingerprint density at radius 3 is 2.47 bits per heavy atom. The number of aryl methyl sites for hydroxylation is 1. The third-order valence-electron chi connectivity index (χ3n) is 5.68. The van der Waals surface area contributed by atoms with Crippen molar-refractivity contribution in [1.29, 1.82) is 0 Å². The van der Waals surface area contributed by atoms with E-state index < -0.39 is 17.7 Å². The van der Waals surface area contributed by atoms with Gasteiger partial charge in [0.25, 0.3) is 11.7 Å². The fourth-order valence-corrected chi connectivity index (χ4v) is 4.69. The first-order valence-corrected chi connectivity index (χ1v) is 12.0. The van der Waals surface area contributed by atoms with Crippen molar-refractivity contribution in [3.63, 3.8) is 0 Å². The molecule has 1 amide bonds. The number of carbonyl (C=O) groups is 2. The Bertz CT molecular complexity index is 1230. The number of benzene rings is 2. The molecule has 1 fully saturated rings. The number of likely N-dealkylation sites (tertiary alicyclic amines) is 1. The number of amides is 1. The molecule has 2 heterocycles. The van der Waals surface area contributed by atoms with Gasteiger partial charge in [-0.25, -0.2) is 0 Å². The van der Waals surface area contributed by atoms with E-state index in [1.54, 1.807) is 30.3 Å². The van der Waals surface area contributed by atoms with Crippen molar-refractivity contribution in [2.45, 2.75) is 33.4 Å². The highest BCUT2D eigenvalue weighted by Gasteiger charge is 2.46. The summed E-state index contributed by atoms with van der Waals surface area (Å²) < 4.78 is 5.82. The van der Waals surface area contributed by atoms with E-state index in [4.69, 9.17) is 4.74 Å². The molecule has 3 aromatic rings. The van der Waals surface area contributed by atoms with Gasteiger partial charge in [-0.3, -0.25) is 9.59 Å². The fourth-order valence-electron chi connectivity index (χ4n) is 3.99. The zero-order chi connectivity index (χ0) is 24.4. The molecule has 7 heteroatoms. The SMILES string of the molecule is Cc1cc(/C(O)=C2/C(=O)C(=O)N(Cc3cccs3)C2c2ccc(O)cc2)ccc1OCC(C)C. The standard InChI is InChI=1S/C27H27NO5S/c1-16(2)15-33-22-11-8-19(13-17(22)3)25(30)23-24(18-6-9-20(29)10-7-18)28(27(32)26(23)31)14-21-5-4-12-34-21/h4-13,16,24,29-30H,14-15H2,1-3H3/b25-23-. The Hall–Kier alpha value is -3.58. The molecule has 34 heavy (non-hydrogen) atoms. The minimum absolute atomic E-state index is 0.0301. The molecule has 6 nitrogen and oxygen atoms in total. The Labute approximate surface area is 202 Å². The van der Waals surface area contributed by atoms with E-state index >= 15 is 0 Å². The number of hydrogen-bond donors (Lipinski definition) is 2. The van der Waals surface area contributed by atoms with Crippen molar-refractivity contribution in [2.24, 2.45) is 5.92 Å². The van der Waals surface area contributed by atoms with Crippen LogP contribution in [0.25, 0.3) is 5.76 Å². The van der Waals surface area contributed by atoms with Crippen molar-refractivity contribution in [2.75, 3.05) is 6.61 Å². The van der Waals surface area contributed by atoms with Gasteiger partial charge in [-0.15, -0.1) is 11.3 Å². The second kappa shape index (κ2) is 9.73. The summed E-state index contributed by atoms with van der Waals surface area (Å²) in [5.41, 5.74) is 1.91. The maximum Gasteiger partial charge on any atom is 0.295 e. The van der Waals surface area contributed by atoms with Gasteiger partial charge in [0.15, 0.2) is 0 Å². The van der Waals surface area contributed by atoms with Crippen LogP contribution in [0.1, 0.15) is 41.5 Å². The summed E-state index contributed by atoms with van der Waals surface area (Å²) in [7, 11) is 0. The van der Waals surface area contributed by atoms with Gasteiger partial charge in [-0.2, -0.15) is 0 Å². The van der Waals surface area contributed by atoms with E-state index in [2.05, 4.69) is 13.8 Å². The smallest absolute Gasteiger partial charge is 0.295 e. The van der Waals surface area contributed by atoms with Crippen LogP contribution in [0.5, 0.6) is 11.5 Å². The Morgan fingerprint density at radius 1 is 1.12 bits per heavy atom.